The molecular weight excluding hydrogens is 441 g/mol. The summed E-state index contributed by atoms with van der Waals surface area (Å²) >= 11 is 10.0. The third-order valence-electron chi connectivity index (χ3n) is 3.99. The summed E-state index contributed by atoms with van der Waals surface area (Å²) in [5.41, 5.74) is 7.72. The Morgan fingerprint density at radius 1 is 1.27 bits per heavy atom. The minimum Gasteiger partial charge on any atom is -0.443 e. The van der Waals surface area contributed by atoms with E-state index in [0.717, 1.165) is 11.6 Å². The summed E-state index contributed by atoms with van der Waals surface area (Å²) in [5, 5.41) is 1.18. The van der Waals surface area contributed by atoms with Crippen LogP contribution in [0, 0.1) is 0 Å². The molecule has 0 aliphatic heterocycles. The van der Waals surface area contributed by atoms with Crippen LogP contribution >= 0.6 is 24.2 Å². The molecule has 0 aromatic heterocycles. The van der Waals surface area contributed by atoms with Gasteiger partial charge in [0.15, 0.2) is 6.73 Å². The summed E-state index contributed by atoms with van der Waals surface area (Å²) in [6.07, 6.45) is -4.52. The number of carbonyl (C=O) groups excluding carboxylic acids is 1. The van der Waals surface area contributed by atoms with Gasteiger partial charge >= 0.3 is 12.3 Å². The normalized spacial score (nSPS) is 13.0. The summed E-state index contributed by atoms with van der Waals surface area (Å²) in [4.78, 5) is 13.7. The zero-order valence-electron chi connectivity index (χ0n) is 15.9. The SMILES string of the molecule is CN(COC(=O)[C@@H](N)Cc1ccccc1)/C(=C\S)c1ccc(OC(F)(F)F)c(Cl)c1. The average Bonchev–Trinajstić information content (AvgIpc) is 2.68. The van der Waals surface area contributed by atoms with Crippen molar-refractivity contribution in [1.82, 2.24) is 4.90 Å². The predicted octanol–water partition coefficient (Wildman–Crippen LogP) is 4.47. The highest BCUT2D eigenvalue weighted by atomic mass is 35.5. The van der Waals surface area contributed by atoms with Crippen LogP contribution < -0.4 is 10.5 Å². The first kappa shape index (κ1) is 23.9. The molecule has 0 spiro atoms. The fraction of sp³-hybridized carbons (Fsp3) is 0.250. The lowest BCUT2D eigenvalue weighted by atomic mass is 10.1. The van der Waals surface area contributed by atoms with E-state index in [9.17, 15) is 18.0 Å². The van der Waals surface area contributed by atoms with Crippen molar-refractivity contribution < 1.29 is 27.4 Å². The van der Waals surface area contributed by atoms with E-state index in [4.69, 9.17) is 22.1 Å². The van der Waals surface area contributed by atoms with Gasteiger partial charge in [-0.3, -0.25) is 4.79 Å². The van der Waals surface area contributed by atoms with Crippen molar-refractivity contribution in [2.75, 3.05) is 13.8 Å². The zero-order valence-corrected chi connectivity index (χ0v) is 17.5. The minimum atomic E-state index is -4.85. The molecule has 0 amide bonds. The van der Waals surface area contributed by atoms with Gasteiger partial charge in [-0.25, -0.2) is 0 Å². The van der Waals surface area contributed by atoms with Crippen LogP contribution in [-0.4, -0.2) is 37.1 Å². The molecule has 2 aromatic carbocycles. The molecule has 0 aliphatic carbocycles. The van der Waals surface area contributed by atoms with Crippen LogP contribution in [0.4, 0.5) is 13.2 Å². The number of benzene rings is 2. The maximum absolute atomic E-state index is 12.4. The Hall–Kier alpha value is -2.36. The Morgan fingerprint density at radius 3 is 2.50 bits per heavy atom. The van der Waals surface area contributed by atoms with Crippen LogP contribution in [0.5, 0.6) is 5.75 Å². The number of esters is 1. The monoisotopic (exact) mass is 460 g/mol. The van der Waals surface area contributed by atoms with Crippen molar-refractivity contribution in [3.63, 3.8) is 0 Å². The van der Waals surface area contributed by atoms with E-state index in [-0.39, 0.29) is 11.8 Å². The summed E-state index contributed by atoms with van der Waals surface area (Å²) in [7, 11) is 1.62. The minimum absolute atomic E-state index is 0.147. The number of halogens is 4. The average molecular weight is 461 g/mol. The number of rotatable bonds is 8. The fourth-order valence-corrected chi connectivity index (χ4v) is 3.11. The lowest BCUT2D eigenvalue weighted by Crippen LogP contribution is -2.36. The highest BCUT2D eigenvalue weighted by molar-refractivity contribution is 7.83. The maximum Gasteiger partial charge on any atom is 0.573 e. The van der Waals surface area contributed by atoms with Gasteiger partial charge in [0.1, 0.15) is 11.8 Å². The van der Waals surface area contributed by atoms with E-state index in [0.29, 0.717) is 17.7 Å². The number of ether oxygens (including phenoxy) is 2. The quantitative estimate of drug-likeness (QED) is 0.346. The van der Waals surface area contributed by atoms with Crippen LogP contribution in [0.2, 0.25) is 5.02 Å². The van der Waals surface area contributed by atoms with E-state index in [1.807, 2.05) is 30.3 Å². The second kappa shape index (κ2) is 10.6. The zero-order chi connectivity index (χ0) is 22.3. The number of hydrogen-bond acceptors (Lipinski definition) is 6. The fourth-order valence-electron chi connectivity index (χ4n) is 2.55. The van der Waals surface area contributed by atoms with E-state index in [1.165, 1.54) is 22.4 Å². The first-order valence-corrected chi connectivity index (χ1v) is 9.57. The second-order valence-corrected chi connectivity index (χ2v) is 6.96. The van der Waals surface area contributed by atoms with Gasteiger partial charge in [-0.05, 0) is 35.6 Å². The number of alkyl halides is 3. The van der Waals surface area contributed by atoms with Crippen LogP contribution in [0.25, 0.3) is 5.70 Å². The van der Waals surface area contributed by atoms with Gasteiger partial charge in [0.05, 0.1) is 10.7 Å². The highest BCUT2D eigenvalue weighted by Crippen LogP contribution is 2.33. The molecule has 2 rings (SSSR count). The molecule has 2 N–H and O–H groups in total. The summed E-state index contributed by atoms with van der Waals surface area (Å²) < 4.78 is 46.2. The van der Waals surface area contributed by atoms with E-state index in [1.54, 1.807) is 7.05 Å². The molecule has 2 aromatic rings. The van der Waals surface area contributed by atoms with E-state index < -0.39 is 24.1 Å². The smallest absolute Gasteiger partial charge is 0.443 e. The molecule has 0 radical (unpaired) electrons. The number of nitrogens with zero attached hydrogens (tertiary/aromatic N) is 1. The molecule has 0 unspecified atom stereocenters. The maximum atomic E-state index is 12.4. The van der Waals surface area contributed by atoms with Gasteiger partial charge < -0.3 is 20.1 Å². The second-order valence-electron chi connectivity index (χ2n) is 6.29. The lowest BCUT2D eigenvalue weighted by molar-refractivity contribution is -0.274. The topological polar surface area (TPSA) is 64.8 Å². The van der Waals surface area contributed by atoms with Crippen molar-refractivity contribution >= 4 is 35.9 Å². The van der Waals surface area contributed by atoms with Gasteiger partial charge in [0.25, 0.3) is 0 Å². The first-order valence-electron chi connectivity index (χ1n) is 8.68. The Balaban J connectivity index is 1.98. The molecule has 0 heterocycles. The van der Waals surface area contributed by atoms with Crippen molar-refractivity contribution in [1.29, 1.82) is 0 Å². The van der Waals surface area contributed by atoms with Gasteiger partial charge in [-0.15, -0.1) is 25.8 Å². The Morgan fingerprint density at radius 2 is 1.93 bits per heavy atom. The number of carbonyl (C=O) groups is 1. The highest BCUT2D eigenvalue weighted by Gasteiger charge is 2.32. The Labute approximate surface area is 182 Å². The predicted molar refractivity (Wildman–Crippen MR) is 112 cm³/mol. The molecule has 30 heavy (non-hydrogen) atoms. The largest absolute Gasteiger partial charge is 0.573 e. The van der Waals surface area contributed by atoms with Crippen molar-refractivity contribution in [2.45, 2.75) is 18.8 Å². The standard InChI is InChI=1S/C20H20ClF3N2O3S/c1-26(12-28-19(27)16(25)9-13-5-3-2-4-6-13)17(11-30)14-7-8-18(15(21)10-14)29-20(22,23)24/h2-8,10-11,16,30H,9,12,25H2,1H3/b17-11-/t16-/m0/s1. The molecule has 1 atom stereocenters. The molecular formula is C20H20ClF3N2O3S. The molecule has 5 nitrogen and oxygen atoms in total. The molecule has 0 saturated heterocycles. The van der Waals surface area contributed by atoms with Gasteiger partial charge in [0, 0.05) is 12.6 Å². The van der Waals surface area contributed by atoms with Crippen LogP contribution in [-0.2, 0) is 16.0 Å². The van der Waals surface area contributed by atoms with E-state index >= 15 is 0 Å². The third-order valence-corrected chi connectivity index (χ3v) is 4.53. The van der Waals surface area contributed by atoms with Gasteiger partial charge in [-0.2, -0.15) is 0 Å². The van der Waals surface area contributed by atoms with E-state index in [2.05, 4.69) is 17.4 Å². The van der Waals surface area contributed by atoms with Crippen molar-refractivity contribution in [2.24, 2.45) is 5.73 Å². The summed E-state index contributed by atoms with van der Waals surface area (Å²) in [5.74, 6) is -1.11. The third kappa shape index (κ3) is 7.16. The lowest BCUT2D eigenvalue weighted by Gasteiger charge is -2.23. The van der Waals surface area contributed by atoms with Crippen molar-refractivity contribution in [3.8, 4) is 5.75 Å². The van der Waals surface area contributed by atoms with Gasteiger partial charge in [0.2, 0.25) is 0 Å². The molecule has 0 fully saturated rings. The number of nitrogens with two attached hydrogens (primary N) is 1. The van der Waals surface area contributed by atoms with Crippen LogP contribution in [0.1, 0.15) is 11.1 Å². The van der Waals surface area contributed by atoms with Crippen molar-refractivity contribution in [3.05, 3.63) is 70.1 Å². The molecule has 0 bridgehead atoms. The Bertz CT molecular complexity index is 895. The summed E-state index contributed by atoms with van der Waals surface area (Å²) in [6.45, 7) is -0.147. The molecule has 162 valence electrons. The number of hydrogen-bond donors (Lipinski definition) is 2. The van der Waals surface area contributed by atoms with Crippen LogP contribution in [0.3, 0.4) is 0 Å². The molecule has 10 heteroatoms. The Kier molecular flexibility index (Phi) is 8.45. The molecule has 0 aliphatic rings. The van der Waals surface area contributed by atoms with Crippen LogP contribution in [0.15, 0.2) is 53.9 Å². The molecule has 0 saturated carbocycles. The number of thiol groups is 1. The van der Waals surface area contributed by atoms with Gasteiger partial charge in [-0.1, -0.05) is 41.9 Å². The first-order chi connectivity index (χ1) is 14.1. The summed E-state index contributed by atoms with van der Waals surface area (Å²) in [6, 6.07) is 12.2.